The summed E-state index contributed by atoms with van der Waals surface area (Å²) in [4.78, 5) is 0. The van der Waals surface area contributed by atoms with E-state index in [1.54, 1.807) is 11.1 Å². The zero-order chi connectivity index (χ0) is 20.5. The van der Waals surface area contributed by atoms with Gasteiger partial charge in [-0.05, 0) is 59.8 Å². The van der Waals surface area contributed by atoms with E-state index in [2.05, 4.69) is 111 Å². The van der Waals surface area contributed by atoms with Gasteiger partial charge >= 0.3 is 0 Å². The fraction of sp³-hybridized carbons (Fsp3) is 0.727. The Kier molecular flexibility index (Phi) is 7.85. The van der Waals surface area contributed by atoms with E-state index in [0.29, 0.717) is 7.40 Å². The predicted molar refractivity (Wildman–Crippen MR) is 145 cm³/mol. The van der Waals surface area contributed by atoms with Crippen molar-refractivity contribution in [2.45, 2.75) is 72.4 Å². The van der Waals surface area contributed by atoms with Crippen molar-refractivity contribution < 1.29 is 0 Å². The van der Waals surface area contributed by atoms with Crippen LogP contribution in [-0.4, -0.2) is 46.6 Å². The summed E-state index contributed by atoms with van der Waals surface area (Å²) in [6.07, 6.45) is 5.28. The normalized spacial score (nSPS) is 22.8. The molecule has 0 amide bonds. The van der Waals surface area contributed by atoms with Crippen molar-refractivity contribution in [3.8, 4) is 0 Å². The Bertz CT molecular complexity index is 598. The van der Waals surface area contributed by atoms with Crippen LogP contribution in [0.25, 0.3) is 0 Å². The van der Waals surface area contributed by atoms with Gasteiger partial charge in [-0.3, -0.25) is 0 Å². The van der Waals surface area contributed by atoms with Crippen molar-refractivity contribution in [2.75, 3.05) is 23.0 Å². The second-order valence-electron chi connectivity index (χ2n) is 10.3. The third-order valence-corrected chi connectivity index (χ3v) is 25.9. The van der Waals surface area contributed by atoms with Crippen molar-refractivity contribution in [2.24, 2.45) is 0 Å². The Morgan fingerprint density at radius 2 is 1.04 bits per heavy atom. The molecule has 2 heterocycles. The van der Waals surface area contributed by atoms with Crippen molar-refractivity contribution in [3.63, 3.8) is 0 Å². The summed E-state index contributed by atoms with van der Waals surface area (Å²) in [5.74, 6) is 5.40. The fourth-order valence-electron chi connectivity index (χ4n) is 4.14. The molecule has 0 aliphatic carbocycles. The fourth-order valence-corrected chi connectivity index (χ4v) is 19.3. The van der Waals surface area contributed by atoms with Gasteiger partial charge < -0.3 is 0 Å². The second-order valence-corrected chi connectivity index (χ2v) is 28.5. The molecule has 0 aromatic heterocycles. The van der Waals surface area contributed by atoms with E-state index in [0.717, 1.165) is 0 Å². The molecule has 1 aromatic rings. The van der Waals surface area contributed by atoms with E-state index in [1.807, 2.05) is 0 Å². The first kappa shape index (κ1) is 23.7. The SMILES string of the molecule is C[Si](C)(C)C1(Cc2cccc(CC3([Si](C)(C)C)SCCCS3)c2)SCCCS1. The molecule has 2 fully saturated rings. The van der Waals surface area contributed by atoms with E-state index >= 15 is 0 Å². The molecule has 28 heavy (non-hydrogen) atoms. The molecule has 158 valence electrons. The van der Waals surface area contributed by atoms with Gasteiger partial charge in [0.05, 0.1) is 23.6 Å². The van der Waals surface area contributed by atoms with E-state index < -0.39 is 16.1 Å². The summed E-state index contributed by atoms with van der Waals surface area (Å²) in [6.45, 7) is 15.5. The molecule has 0 bridgehead atoms. The third-order valence-electron chi connectivity index (χ3n) is 6.07. The molecule has 0 unspecified atom stereocenters. The quantitative estimate of drug-likeness (QED) is 0.378. The van der Waals surface area contributed by atoms with E-state index in [9.17, 15) is 0 Å². The molecule has 0 radical (unpaired) electrons. The lowest BCUT2D eigenvalue weighted by Gasteiger charge is -2.46. The maximum Gasteiger partial charge on any atom is 0.0756 e. The van der Waals surface area contributed by atoms with Crippen LogP contribution in [0.4, 0.5) is 0 Å². The van der Waals surface area contributed by atoms with E-state index in [1.165, 1.54) is 48.7 Å². The zero-order valence-corrected chi connectivity index (χ0v) is 23.9. The second kappa shape index (κ2) is 9.27. The van der Waals surface area contributed by atoms with Crippen molar-refractivity contribution in [1.82, 2.24) is 0 Å². The van der Waals surface area contributed by atoms with Gasteiger partial charge in [-0.2, -0.15) is 0 Å². The molecule has 0 nitrogen and oxygen atoms in total. The van der Waals surface area contributed by atoms with Crippen molar-refractivity contribution in [3.05, 3.63) is 35.4 Å². The Morgan fingerprint density at radius 1 is 0.679 bits per heavy atom. The number of rotatable bonds is 6. The smallest absolute Gasteiger partial charge is 0.0756 e. The molecule has 0 saturated carbocycles. The van der Waals surface area contributed by atoms with Gasteiger partial charge in [0.1, 0.15) is 0 Å². The minimum absolute atomic E-state index is 0.453. The highest BCUT2D eigenvalue weighted by molar-refractivity contribution is 8.21. The number of thioether (sulfide) groups is 4. The Balaban J connectivity index is 1.83. The monoisotopic (exact) mass is 486 g/mol. The zero-order valence-electron chi connectivity index (χ0n) is 18.6. The molecule has 0 spiro atoms. The first-order chi connectivity index (χ1) is 13.1. The standard InChI is InChI=1S/C22H38S4Si2/c1-27(2,3)21(23-12-8-13-24-21)17-19-10-7-11-20(16-19)18-22(28(4,5)6)25-14-9-15-26-22/h7,10-11,16H,8-9,12-15,17-18H2,1-6H3. The summed E-state index contributed by atoms with van der Waals surface area (Å²) in [5.41, 5.74) is 3.16. The Morgan fingerprint density at radius 3 is 1.36 bits per heavy atom. The first-order valence-electron chi connectivity index (χ1n) is 10.7. The molecule has 0 atom stereocenters. The number of benzene rings is 1. The lowest BCUT2D eigenvalue weighted by molar-refractivity contribution is 0.939. The molecule has 2 saturated heterocycles. The summed E-state index contributed by atoms with van der Waals surface area (Å²) in [6, 6.07) is 9.74. The molecule has 0 N–H and O–H groups in total. The number of hydrogen-bond donors (Lipinski definition) is 0. The molecular weight excluding hydrogens is 449 g/mol. The van der Waals surface area contributed by atoms with Crippen LogP contribution in [0, 0.1) is 0 Å². The Labute approximate surface area is 193 Å². The molecule has 6 heteroatoms. The molecule has 1 aromatic carbocycles. The van der Waals surface area contributed by atoms with Crippen LogP contribution in [0.3, 0.4) is 0 Å². The minimum Gasteiger partial charge on any atom is -0.147 e. The maximum absolute atomic E-state index is 2.58. The third kappa shape index (κ3) is 5.27. The predicted octanol–water partition coefficient (Wildman–Crippen LogP) is 7.66. The van der Waals surface area contributed by atoms with Crippen LogP contribution in [0.1, 0.15) is 24.0 Å². The van der Waals surface area contributed by atoms with Gasteiger partial charge in [0, 0.05) is 0 Å². The van der Waals surface area contributed by atoms with Crippen LogP contribution in [0.2, 0.25) is 39.3 Å². The van der Waals surface area contributed by atoms with Gasteiger partial charge in [-0.1, -0.05) is 63.5 Å². The first-order valence-corrected chi connectivity index (χ1v) is 21.6. The van der Waals surface area contributed by atoms with Crippen LogP contribution in [0.15, 0.2) is 24.3 Å². The highest BCUT2D eigenvalue weighted by Crippen LogP contribution is 2.52. The maximum atomic E-state index is 2.58. The number of hydrogen-bond acceptors (Lipinski definition) is 4. The molecule has 2 aliphatic heterocycles. The van der Waals surface area contributed by atoms with E-state index in [4.69, 9.17) is 0 Å². The van der Waals surface area contributed by atoms with E-state index in [-0.39, 0.29) is 0 Å². The summed E-state index contributed by atoms with van der Waals surface area (Å²) in [7, 11) is -2.54. The Hall–Kier alpha value is 1.05. The van der Waals surface area contributed by atoms with Gasteiger partial charge in [0.2, 0.25) is 0 Å². The lowest BCUT2D eigenvalue weighted by Crippen LogP contribution is -2.50. The topological polar surface area (TPSA) is 0 Å². The molecule has 3 rings (SSSR count). The highest BCUT2D eigenvalue weighted by Gasteiger charge is 2.47. The summed E-state index contributed by atoms with van der Waals surface area (Å²) < 4.78 is 0.906. The summed E-state index contributed by atoms with van der Waals surface area (Å²) >= 11 is 9.12. The van der Waals surface area contributed by atoms with Gasteiger partial charge in [0.15, 0.2) is 0 Å². The van der Waals surface area contributed by atoms with Crippen LogP contribution in [-0.2, 0) is 12.8 Å². The minimum atomic E-state index is -1.27. The van der Waals surface area contributed by atoms with Gasteiger partial charge in [-0.25, -0.2) is 0 Å². The van der Waals surface area contributed by atoms with Crippen molar-refractivity contribution >= 4 is 63.2 Å². The highest BCUT2D eigenvalue weighted by atomic mass is 32.2. The lowest BCUT2D eigenvalue weighted by atomic mass is 10.1. The van der Waals surface area contributed by atoms with Crippen LogP contribution in [0.5, 0.6) is 0 Å². The van der Waals surface area contributed by atoms with Crippen LogP contribution < -0.4 is 0 Å². The molecule has 2 aliphatic rings. The van der Waals surface area contributed by atoms with Crippen molar-refractivity contribution in [1.29, 1.82) is 0 Å². The average Bonchev–Trinajstić information content (AvgIpc) is 2.62. The average molecular weight is 487 g/mol. The van der Waals surface area contributed by atoms with Crippen LogP contribution >= 0.6 is 47.0 Å². The van der Waals surface area contributed by atoms with Gasteiger partial charge in [0.25, 0.3) is 0 Å². The van der Waals surface area contributed by atoms with Gasteiger partial charge in [-0.15, -0.1) is 47.0 Å². The summed E-state index contributed by atoms with van der Waals surface area (Å²) in [5, 5.41) is 0. The molecular formula is C22H38S4Si2. The largest absolute Gasteiger partial charge is 0.147 e.